The molecule has 53 heavy (non-hydrogen) atoms. The molecule has 0 unspecified atom stereocenters. The first-order valence-corrected chi connectivity index (χ1v) is 17.9. The van der Waals surface area contributed by atoms with Crippen molar-refractivity contribution in [2.75, 3.05) is 0 Å². The lowest BCUT2D eigenvalue weighted by Gasteiger charge is -2.16. The zero-order chi connectivity index (χ0) is 35.0. The molecule has 246 valence electrons. The molecule has 11 rings (SSSR count). The zero-order valence-electron chi connectivity index (χ0n) is 28.6. The summed E-state index contributed by atoms with van der Waals surface area (Å²) in [5, 5.41) is 17.4. The highest BCUT2D eigenvalue weighted by molar-refractivity contribution is 6.19. The summed E-state index contributed by atoms with van der Waals surface area (Å²) >= 11 is 0. The molecule has 0 saturated heterocycles. The van der Waals surface area contributed by atoms with Crippen molar-refractivity contribution in [1.29, 1.82) is 5.26 Å². The van der Waals surface area contributed by atoms with Crippen LogP contribution < -0.4 is 0 Å². The molecule has 0 aliphatic heterocycles. The molecule has 0 aliphatic rings. The molecule has 4 nitrogen and oxygen atoms in total. The first-order valence-electron chi connectivity index (χ1n) is 17.9. The second-order valence-electron chi connectivity index (χ2n) is 13.7. The van der Waals surface area contributed by atoms with Gasteiger partial charge in [-0.15, -0.1) is 0 Å². The van der Waals surface area contributed by atoms with Crippen molar-refractivity contribution in [2.24, 2.45) is 0 Å². The number of nitrogens with zero attached hydrogens (tertiary/aromatic N) is 4. The predicted molar refractivity (Wildman–Crippen MR) is 220 cm³/mol. The molecule has 11 aromatic rings. The van der Waals surface area contributed by atoms with Crippen LogP contribution in [0, 0.1) is 11.3 Å². The van der Waals surface area contributed by atoms with Crippen molar-refractivity contribution in [3.8, 4) is 34.3 Å². The molecule has 0 bridgehead atoms. The summed E-state index contributed by atoms with van der Waals surface area (Å²) in [4.78, 5) is 0. The summed E-state index contributed by atoms with van der Waals surface area (Å²) < 4.78 is 7.10. The molecule has 0 fully saturated rings. The lowest BCUT2D eigenvalue weighted by atomic mass is 10.00. The van der Waals surface area contributed by atoms with Gasteiger partial charge < -0.3 is 13.7 Å². The van der Waals surface area contributed by atoms with Crippen LogP contribution in [0.5, 0.6) is 0 Å². The van der Waals surface area contributed by atoms with Crippen LogP contribution in [0.4, 0.5) is 0 Å². The largest absolute Gasteiger partial charge is 0.309 e. The van der Waals surface area contributed by atoms with E-state index in [0.29, 0.717) is 5.56 Å². The van der Waals surface area contributed by atoms with Gasteiger partial charge in [-0.05, 0) is 84.4 Å². The number of rotatable bonds is 4. The Morgan fingerprint density at radius 2 is 0.792 bits per heavy atom. The maximum Gasteiger partial charge on any atom is 0.0991 e. The Bertz CT molecular complexity index is 3220. The molecule has 0 spiro atoms. The SMILES string of the molecule is N#Cc1ccc(-n2c3ccccc3c3cc4c5ccccc5n(-c5ccccc5)c4cc32)c(-c2ccc(-n3c4ccccc4c4ccccc43)cc2)c1. The van der Waals surface area contributed by atoms with Gasteiger partial charge in [-0.3, -0.25) is 0 Å². The van der Waals surface area contributed by atoms with Crippen LogP contribution in [0.25, 0.3) is 93.6 Å². The highest BCUT2D eigenvalue weighted by Gasteiger charge is 2.20. The van der Waals surface area contributed by atoms with Crippen LogP contribution in [0.2, 0.25) is 0 Å². The fourth-order valence-electron chi connectivity index (χ4n) is 8.57. The van der Waals surface area contributed by atoms with Crippen molar-refractivity contribution >= 4 is 65.4 Å². The standard InChI is InChI=1S/C49H30N4/c50-31-32-22-27-47(40(28-32)33-23-25-35(26-24-33)51-43-18-8-4-14-36(43)37-15-5-9-19-44(37)51)53-46-21-11-7-17-39(46)42-29-41-38-16-6-10-20-45(38)52(48(41)30-49(42)53)34-12-2-1-3-13-34/h1-30H. The summed E-state index contributed by atoms with van der Waals surface area (Å²) in [6.45, 7) is 0. The molecule has 0 amide bonds. The number of para-hydroxylation sites is 5. The van der Waals surface area contributed by atoms with E-state index in [1.807, 2.05) is 12.1 Å². The maximum absolute atomic E-state index is 10.1. The molecule has 0 saturated carbocycles. The van der Waals surface area contributed by atoms with Crippen molar-refractivity contribution in [1.82, 2.24) is 13.7 Å². The van der Waals surface area contributed by atoms with Crippen molar-refractivity contribution in [3.63, 3.8) is 0 Å². The first-order chi connectivity index (χ1) is 26.3. The monoisotopic (exact) mass is 674 g/mol. The Balaban J connectivity index is 1.16. The van der Waals surface area contributed by atoms with Crippen LogP contribution in [0.3, 0.4) is 0 Å². The molecule has 0 N–H and O–H groups in total. The molecule has 0 atom stereocenters. The highest BCUT2D eigenvalue weighted by Crippen LogP contribution is 2.42. The van der Waals surface area contributed by atoms with E-state index in [9.17, 15) is 5.26 Å². The highest BCUT2D eigenvalue weighted by atomic mass is 15.0. The predicted octanol–water partition coefficient (Wildman–Crippen LogP) is 12.5. The summed E-state index contributed by atoms with van der Waals surface area (Å²) in [5.74, 6) is 0. The van der Waals surface area contributed by atoms with E-state index in [1.54, 1.807) is 0 Å². The van der Waals surface area contributed by atoms with Crippen LogP contribution in [-0.2, 0) is 0 Å². The Labute approximate surface area is 305 Å². The van der Waals surface area contributed by atoms with E-state index < -0.39 is 0 Å². The van der Waals surface area contributed by atoms with Gasteiger partial charge in [0, 0.05) is 49.3 Å². The fraction of sp³-hybridized carbons (Fsp3) is 0. The van der Waals surface area contributed by atoms with E-state index in [0.717, 1.165) is 44.7 Å². The minimum atomic E-state index is 0.627. The zero-order valence-corrected chi connectivity index (χ0v) is 28.6. The smallest absolute Gasteiger partial charge is 0.0991 e. The molecule has 4 heteroatoms. The maximum atomic E-state index is 10.1. The topological polar surface area (TPSA) is 38.6 Å². The molecule has 3 heterocycles. The second-order valence-corrected chi connectivity index (χ2v) is 13.7. The number of hydrogen-bond donors (Lipinski definition) is 0. The Morgan fingerprint density at radius 1 is 0.340 bits per heavy atom. The van der Waals surface area contributed by atoms with Crippen molar-refractivity contribution in [2.45, 2.75) is 0 Å². The quantitative estimate of drug-likeness (QED) is 0.183. The number of nitriles is 1. The minimum absolute atomic E-state index is 0.627. The van der Waals surface area contributed by atoms with Gasteiger partial charge in [0.05, 0.1) is 50.4 Å². The third-order valence-corrected chi connectivity index (χ3v) is 10.9. The third kappa shape index (κ3) is 4.29. The molecular formula is C49H30N4. The molecular weight excluding hydrogens is 645 g/mol. The second kappa shape index (κ2) is 11.3. The number of aromatic nitrogens is 3. The van der Waals surface area contributed by atoms with Gasteiger partial charge in [0.25, 0.3) is 0 Å². The number of fused-ring (bicyclic) bond motifs is 9. The van der Waals surface area contributed by atoms with Gasteiger partial charge in [-0.25, -0.2) is 0 Å². The Morgan fingerprint density at radius 3 is 1.36 bits per heavy atom. The van der Waals surface area contributed by atoms with Gasteiger partial charge in [-0.1, -0.05) is 103 Å². The first kappa shape index (κ1) is 29.4. The van der Waals surface area contributed by atoms with Gasteiger partial charge in [0.2, 0.25) is 0 Å². The van der Waals surface area contributed by atoms with E-state index in [1.165, 1.54) is 48.9 Å². The van der Waals surface area contributed by atoms with Gasteiger partial charge >= 0.3 is 0 Å². The van der Waals surface area contributed by atoms with E-state index in [2.05, 4.69) is 190 Å². The van der Waals surface area contributed by atoms with Crippen molar-refractivity contribution in [3.05, 3.63) is 188 Å². The molecule has 0 radical (unpaired) electrons. The molecule has 8 aromatic carbocycles. The van der Waals surface area contributed by atoms with Gasteiger partial charge in [-0.2, -0.15) is 5.26 Å². The lowest BCUT2D eigenvalue weighted by Crippen LogP contribution is -1.99. The summed E-state index contributed by atoms with van der Waals surface area (Å²) in [6.07, 6.45) is 0. The fourth-order valence-corrected chi connectivity index (χ4v) is 8.57. The van der Waals surface area contributed by atoms with Crippen LogP contribution in [0.15, 0.2) is 182 Å². The normalized spacial score (nSPS) is 11.8. The van der Waals surface area contributed by atoms with Gasteiger partial charge in [0.15, 0.2) is 0 Å². The van der Waals surface area contributed by atoms with Crippen LogP contribution in [-0.4, -0.2) is 13.7 Å². The lowest BCUT2D eigenvalue weighted by molar-refractivity contribution is 1.16. The van der Waals surface area contributed by atoms with Crippen LogP contribution >= 0.6 is 0 Å². The van der Waals surface area contributed by atoms with E-state index in [4.69, 9.17) is 0 Å². The average molecular weight is 675 g/mol. The van der Waals surface area contributed by atoms with Gasteiger partial charge in [0.1, 0.15) is 0 Å². The Kier molecular flexibility index (Phi) is 6.28. The Hall–Kier alpha value is -7.35. The minimum Gasteiger partial charge on any atom is -0.309 e. The van der Waals surface area contributed by atoms with Crippen LogP contribution in [0.1, 0.15) is 5.56 Å². The van der Waals surface area contributed by atoms with E-state index in [-0.39, 0.29) is 0 Å². The summed E-state index contributed by atoms with van der Waals surface area (Å²) in [7, 11) is 0. The van der Waals surface area contributed by atoms with E-state index >= 15 is 0 Å². The molecule has 3 aromatic heterocycles. The number of benzene rings is 8. The summed E-state index contributed by atoms with van der Waals surface area (Å²) in [5.41, 5.74) is 12.9. The average Bonchev–Trinajstić information content (AvgIpc) is 3.85. The van der Waals surface area contributed by atoms with Crippen molar-refractivity contribution < 1.29 is 0 Å². The third-order valence-electron chi connectivity index (χ3n) is 10.9. The molecule has 0 aliphatic carbocycles. The number of hydrogen-bond acceptors (Lipinski definition) is 1. The summed E-state index contributed by atoms with van der Waals surface area (Å²) in [6, 6.07) is 67.1.